The normalized spacial score (nSPS) is 15.9. The highest BCUT2D eigenvalue weighted by Gasteiger charge is 2.51. The monoisotopic (exact) mass is 248 g/mol. The van der Waals surface area contributed by atoms with Gasteiger partial charge in [0.25, 0.3) is 0 Å². The first-order chi connectivity index (χ1) is 8.45. The van der Waals surface area contributed by atoms with Crippen LogP contribution in [0, 0.1) is 0 Å². The van der Waals surface area contributed by atoms with Crippen LogP contribution < -0.4 is 5.32 Å². The van der Waals surface area contributed by atoms with Gasteiger partial charge < -0.3 is 15.3 Å². The fraction of sp³-hybridized carbons (Fsp3) is 0.385. The smallest absolute Gasteiger partial charge is 0.321 e. The Labute approximate surface area is 105 Å². The molecule has 0 aliphatic heterocycles. The summed E-state index contributed by atoms with van der Waals surface area (Å²) in [6.07, 6.45) is 1.37. The third-order valence-electron chi connectivity index (χ3n) is 3.25. The quantitative estimate of drug-likeness (QED) is 0.858. The summed E-state index contributed by atoms with van der Waals surface area (Å²) in [6.45, 7) is 0. The van der Waals surface area contributed by atoms with E-state index in [1.54, 1.807) is 38.4 Å². The van der Waals surface area contributed by atoms with E-state index in [-0.39, 0.29) is 6.03 Å². The molecule has 5 nitrogen and oxygen atoms in total. The molecule has 0 aromatic heterocycles. The Morgan fingerprint density at radius 3 is 2.17 bits per heavy atom. The zero-order valence-corrected chi connectivity index (χ0v) is 10.4. The minimum absolute atomic E-state index is 0.206. The van der Waals surface area contributed by atoms with E-state index in [2.05, 4.69) is 5.32 Å². The van der Waals surface area contributed by atoms with Crippen LogP contribution in [0.3, 0.4) is 0 Å². The number of rotatable bonds is 3. The number of carboxylic acids is 1. The predicted molar refractivity (Wildman–Crippen MR) is 67.7 cm³/mol. The topological polar surface area (TPSA) is 69.6 Å². The van der Waals surface area contributed by atoms with E-state index in [1.807, 2.05) is 0 Å². The van der Waals surface area contributed by atoms with Gasteiger partial charge in [-0.05, 0) is 30.5 Å². The Hall–Kier alpha value is -2.04. The highest BCUT2D eigenvalue weighted by Crippen LogP contribution is 2.48. The number of nitrogens with zero attached hydrogens (tertiary/aromatic N) is 1. The molecule has 0 atom stereocenters. The van der Waals surface area contributed by atoms with Crippen LogP contribution in [0.25, 0.3) is 0 Å². The van der Waals surface area contributed by atoms with Gasteiger partial charge in [-0.2, -0.15) is 0 Å². The second-order valence-corrected chi connectivity index (χ2v) is 4.79. The van der Waals surface area contributed by atoms with Crippen LogP contribution in [0.2, 0.25) is 0 Å². The molecule has 18 heavy (non-hydrogen) atoms. The number of carboxylic acid groups (broad SMARTS) is 1. The molecule has 0 spiro atoms. The first-order valence-electron chi connectivity index (χ1n) is 5.78. The third kappa shape index (κ3) is 2.16. The largest absolute Gasteiger partial charge is 0.481 e. The van der Waals surface area contributed by atoms with Crippen LogP contribution in [0.5, 0.6) is 0 Å². The van der Waals surface area contributed by atoms with Gasteiger partial charge in [-0.15, -0.1) is 0 Å². The summed E-state index contributed by atoms with van der Waals surface area (Å²) in [5.74, 6) is -0.771. The number of carbonyl (C=O) groups is 2. The molecule has 0 heterocycles. The Morgan fingerprint density at radius 2 is 1.78 bits per heavy atom. The first kappa shape index (κ1) is 12.4. The molecule has 96 valence electrons. The number of amides is 2. The molecule has 0 unspecified atom stereocenters. The maximum absolute atomic E-state index is 11.4. The molecule has 2 rings (SSSR count). The standard InChI is InChI=1S/C13H16N2O3/c1-15(2)12(18)14-10-5-3-9(4-6-10)13(7-8-13)11(16)17/h3-6H,7-8H2,1-2H3,(H,14,18)(H,16,17). The van der Waals surface area contributed by atoms with E-state index in [0.29, 0.717) is 18.5 Å². The van der Waals surface area contributed by atoms with Gasteiger partial charge in [0.15, 0.2) is 0 Å². The highest BCUT2D eigenvalue weighted by molar-refractivity contribution is 5.89. The molecule has 1 aromatic rings. The van der Waals surface area contributed by atoms with Gasteiger partial charge in [-0.1, -0.05) is 12.1 Å². The highest BCUT2D eigenvalue weighted by atomic mass is 16.4. The summed E-state index contributed by atoms with van der Waals surface area (Å²) in [6, 6.07) is 6.81. The number of anilines is 1. The number of hydrogen-bond acceptors (Lipinski definition) is 2. The lowest BCUT2D eigenvalue weighted by molar-refractivity contribution is -0.140. The maximum Gasteiger partial charge on any atom is 0.321 e. The molecule has 0 radical (unpaired) electrons. The van der Waals surface area contributed by atoms with Gasteiger partial charge in [0, 0.05) is 19.8 Å². The second kappa shape index (κ2) is 4.33. The molecule has 5 heteroatoms. The lowest BCUT2D eigenvalue weighted by Crippen LogP contribution is -2.27. The van der Waals surface area contributed by atoms with E-state index in [0.717, 1.165) is 5.56 Å². The van der Waals surface area contributed by atoms with Crippen molar-refractivity contribution in [3.05, 3.63) is 29.8 Å². The van der Waals surface area contributed by atoms with Crippen molar-refractivity contribution in [3.8, 4) is 0 Å². The zero-order chi connectivity index (χ0) is 13.3. The van der Waals surface area contributed by atoms with Crippen LogP contribution in [0.1, 0.15) is 18.4 Å². The van der Waals surface area contributed by atoms with Crippen LogP contribution >= 0.6 is 0 Å². The number of urea groups is 1. The summed E-state index contributed by atoms with van der Waals surface area (Å²) >= 11 is 0. The first-order valence-corrected chi connectivity index (χ1v) is 5.78. The molecule has 1 aliphatic carbocycles. The Morgan fingerprint density at radius 1 is 1.22 bits per heavy atom. The number of carbonyl (C=O) groups excluding carboxylic acids is 1. The molecule has 0 saturated heterocycles. The molecule has 0 bridgehead atoms. The van der Waals surface area contributed by atoms with Gasteiger partial charge in [0.05, 0.1) is 5.41 Å². The fourth-order valence-electron chi connectivity index (χ4n) is 1.86. The van der Waals surface area contributed by atoms with Crippen molar-refractivity contribution >= 4 is 17.7 Å². The maximum atomic E-state index is 11.4. The van der Waals surface area contributed by atoms with Crippen molar-refractivity contribution in [1.29, 1.82) is 0 Å². The van der Waals surface area contributed by atoms with Gasteiger partial charge >= 0.3 is 12.0 Å². The lowest BCUT2D eigenvalue weighted by Gasteiger charge is -2.14. The van der Waals surface area contributed by atoms with E-state index in [1.165, 1.54) is 4.90 Å². The molecule has 1 saturated carbocycles. The fourth-order valence-corrected chi connectivity index (χ4v) is 1.86. The van der Waals surface area contributed by atoms with Crippen LogP contribution in [-0.4, -0.2) is 36.1 Å². The van der Waals surface area contributed by atoms with Crippen molar-refractivity contribution in [2.75, 3.05) is 19.4 Å². The van der Waals surface area contributed by atoms with Gasteiger partial charge in [-0.25, -0.2) is 4.79 Å². The van der Waals surface area contributed by atoms with E-state index < -0.39 is 11.4 Å². The average Bonchev–Trinajstić information content (AvgIpc) is 3.11. The van der Waals surface area contributed by atoms with E-state index in [9.17, 15) is 9.59 Å². The molecule has 1 aliphatic rings. The number of benzene rings is 1. The summed E-state index contributed by atoms with van der Waals surface area (Å²) in [5.41, 5.74) is 0.779. The summed E-state index contributed by atoms with van der Waals surface area (Å²) in [4.78, 5) is 24.0. The average molecular weight is 248 g/mol. The third-order valence-corrected chi connectivity index (χ3v) is 3.25. The zero-order valence-electron chi connectivity index (χ0n) is 10.4. The molecular formula is C13H16N2O3. The van der Waals surface area contributed by atoms with Crippen molar-refractivity contribution in [2.24, 2.45) is 0 Å². The van der Waals surface area contributed by atoms with Crippen LogP contribution in [0.4, 0.5) is 10.5 Å². The second-order valence-electron chi connectivity index (χ2n) is 4.79. The molecule has 1 aromatic carbocycles. The lowest BCUT2D eigenvalue weighted by atomic mass is 9.96. The van der Waals surface area contributed by atoms with Gasteiger partial charge in [-0.3, -0.25) is 4.79 Å². The summed E-state index contributed by atoms with van der Waals surface area (Å²) in [7, 11) is 3.32. The number of hydrogen-bond donors (Lipinski definition) is 2. The Bertz CT molecular complexity index is 476. The molecule has 2 N–H and O–H groups in total. The van der Waals surface area contributed by atoms with Gasteiger partial charge in [0.2, 0.25) is 0 Å². The van der Waals surface area contributed by atoms with Crippen molar-refractivity contribution in [1.82, 2.24) is 4.90 Å². The van der Waals surface area contributed by atoms with E-state index >= 15 is 0 Å². The van der Waals surface area contributed by atoms with Crippen LogP contribution in [0.15, 0.2) is 24.3 Å². The van der Waals surface area contributed by atoms with E-state index in [4.69, 9.17) is 5.11 Å². The number of nitrogens with one attached hydrogen (secondary N) is 1. The minimum Gasteiger partial charge on any atom is -0.481 e. The van der Waals surface area contributed by atoms with Crippen LogP contribution in [-0.2, 0) is 10.2 Å². The minimum atomic E-state index is -0.771. The SMILES string of the molecule is CN(C)C(=O)Nc1ccc(C2(C(=O)O)CC2)cc1. The molecule has 1 fully saturated rings. The summed E-state index contributed by atoms with van der Waals surface area (Å²) in [5, 5.41) is 11.9. The molecule has 2 amide bonds. The van der Waals surface area contributed by atoms with Gasteiger partial charge in [0.1, 0.15) is 0 Å². The Kier molecular flexibility index (Phi) is 2.98. The predicted octanol–water partition coefficient (Wildman–Crippen LogP) is 1.90. The Balaban J connectivity index is 2.11. The molecular weight excluding hydrogens is 232 g/mol. The van der Waals surface area contributed by atoms with Crippen molar-refractivity contribution in [3.63, 3.8) is 0 Å². The number of aliphatic carboxylic acids is 1. The van der Waals surface area contributed by atoms with Crippen molar-refractivity contribution < 1.29 is 14.7 Å². The van der Waals surface area contributed by atoms with Crippen molar-refractivity contribution in [2.45, 2.75) is 18.3 Å². The summed E-state index contributed by atoms with van der Waals surface area (Å²) < 4.78 is 0.